The minimum Gasteiger partial charge on any atom is -0.506 e. The number of aromatic hydroxyl groups is 1. The number of alkyl halides is 3. The highest BCUT2D eigenvalue weighted by atomic mass is 19.4. The number of hydrogen-bond donors (Lipinski definition) is 2. The van der Waals surface area contributed by atoms with Gasteiger partial charge in [-0.15, -0.1) is 0 Å². The van der Waals surface area contributed by atoms with Crippen LogP contribution in [0.5, 0.6) is 11.6 Å². The van der Waals surface area contributed by atoms with E-state index in [9.17, 15) is 18.3 Å². The molecular formula is C21H26F3N5O2. The molecule has 0 saturated carbocycles. The zero-order valence-electron chi connectivity index (χ0n) is 17.3. The summed E-state index contributed by atoms with van der Waals surface area (Å²) in [6.45, 7) is 4.64. The number of hydrogen-bond acceptors (Lipinski definition) is 5. The molecule has 2 heterocycles. The summed E-state index contributed by atoms with van der Waals surface area (Å²) in [7, 11) is 0. The molecule has 0 aliphatic carbocycles. The second-order valence-corrected chi connectivity index (χ2v) is 7.04. The number of pyridine rings is 1. The monoisotopic (exact) mass is 437 g/mol. The van der Waals surface area contributed by atoms with Gasteiger partial charge in [-0.1, -0.05) is 18.2 Å². The molecule has 0 atom stereocenters. The van der Waals surface area contributed by atoms with Crippen molar-refractivity contribution in [2.24, 2.45) is 4.99 Å². The number of phenols is 1. The first-order valence-corrected chi connectivity index (χ1v) is 10.1. The highest BCUT2D eigenvalue weighted by molar-refractivity contribution is 5.80. The summed E-state index contributed by atoms with van der Waals surface area (Å²) in [4.78, 5) is 12.8. The van der Waals surface area contributed by atoms with Gasteiger partial charge in [-0.25, -0.2) is 9.98 Å². The third-order valence-electron chi connectivity index (χ3n) is 4.73. The minimum absolute atomic E-state index is 0.0720. The Morgan fingerprint density at radius 1 is 1.16 bits per heavy atom. The van der Waals surface area contributed by atoms with Crippen LogP contribution in [0.1, 0.15) is 12.5 Å². The van der Waals surface area contributed by atoms with Crippen LogP contribution >= 0.6 is 0 Å². The fourth-order valence-corrected chi connectivity index (χ4v) is 3.23. The van der Waals surface area contributed by atoms with E-state index in [-0.39, 0.29) is 11.6 Å². The average Bonchev–Trinajstić information content (AvgIpc) is 2.76. The van der Waals surface area contributed by atoms with Crippen LogP contribution in [0.15, 0.2) is 47.6 Å². The van der Waals surface area contributed by atoms with Gasteiger partial charge in [0.15, 0.2) is 12.6 Å². The Labute approximate surface area is 179 Å². The number of ether oxygens (including phenoxy) is 1. The van der Waals surface area contributed by atoms with Crippen LogP contribution in [0.25, 0.3) is 0 Å². The quantitative estimate of drug-likeness (QED) is 0.535. The topological polar surface area (TPSA) is 73.2 Å². The van der Waals surface area contributed by atoms with Gasteiger partial charge in [-0.2, -0.15) is 13.2 Å². The summed E-state index contributed by atoms with van der Waals surface area (Å²) < 4.78 is 41.3. The van der Waals surface area contributed by atoms with Crippen LogP contribution in [0, 0.1) is 0 Å². The van der Waals surface area contributed by atoms with Gasteiger partial charge >= 0.3 is 6.18 Å². The maximum absolute atomic E-state index is 12.2. The number of aliphatic imine (C=N–C) groups is 1. The maximum Gasteiger partial charge on any atom is 0.422 e. The van der Waals surface area contributed by atoms with Crippen LogP contribution in [-0.4, -0.2) is 66.5 Å². The van der Waals surface area contributed by atoms with E-state index in [4.69, 9.17) is 0 Å². The van der Waals surface area contributed by atoms with E-state index < -0.39 is 12.8 Å². The van der Waals surface area contributed by atoms with Crippen LogP contribution in [0.3, 0.4) is 0 Å². The van der Waals surface area contributed by atoms with Gasteiger partial charge in [0.1, 0.15) is 5.75 Å². The van der Waals surface area contributed by atoms with Crippen LogP contribution in [0.4, 0.5) is 18.9 Å². The molecule has 1 fully saturated rings. The summed E-state index contributed by atoms with van der Waals surface area (Å²) in [5, 5.41) is 13.3. The molecule has 168 valence electrons. The summed E-state index contributed by atoms with van der Waals surface area (Å²) in [5.74, 6) is 0.959. The third-order valence-corrected chi connectivity index (χ3v) is 4.73. The normalized spacial score (nSPS) is 15.2. The highest BCUT2D eigenvalue weighted by Gasteiger charge is 2.28. The van der Waals surface area contributed by atoms with E-state index in [1.165, 1.54) is 12.3 Å². The molecule has 1 aromatic carbocycles. The first kappa shape index (κ1) is 22.5. The predicted octanol–water partition coefficient (Wildman–Crippen LogP) is 3.02. The standard InChI is InChI=1S/C21H26F3N5O2/c1-2-25-20(27-14-16-7-8-19(26-13-16)31-15-21(22,23)24)29-11-9-28(10-12-29)17-5-3-4-6-18(17)30/h3-8,13,30H,2,9-12,14-15H2,1H3,(H,25,27). The molecule has 1 aliphatic rings. The lowest BCUT2D eigenvalue weighted by molar-refractivity contribution is -0.154. The second-order valence-electron chi connectivity index (χ2n) is 7.04. The zero-order chi connectivity index (χ0) is 22.3. The van der Waals surface area contributed by atoms with Crippen molar-refractivity contribution in [2.75, 3.05) is 44.2 Å². The van der Waals surface area contributed by atoms with E-state index in [1.54, 1.807) is 18.2 Å². The Balaban J connectivity index is 1.57. The predicted molar refractivity (Wildman–Crippen MR) is 112 cm³/mol. The SMILES string of the molecule is CCNC(=NCc1ccc(OCC(F)(F)F)nc1)N1CCN(c2ccccc2O)CC1. The summed E-state index contributed by atoms with van der Waals surface area (Å²) in [6, 6.07) is 10.4. The average molecular weight is 437 g/mol. The molecule has 0 radical (unpaired) electrons. The fourth-order valence-electron chi connectivity index (χ4n) is 3.23. The van der Waals surface area contributed by atoms with Gasteiger partial charge in [0.2, 0.25) is 5.88 Å². The lowest BCUT2D eigenvalue weighted by Gasteiger charge is -2.37. The molecule has 1 saturated heterocycles. The van der Waals surface area contributed by atoms with Crippen molar-refractivity contribution in [2.45, 2.75) is 19.6 Å². The van der Waals surface area contributed by atoms with Crippen LogP contribution < -0.4 is 15.0 Å². The summed E-state index contributed by atoms with van der Waals surface area (Å²) in [6.07, 6.45) is -2.93. The zero-order valence-corrected chi connectivity index (χ0v) is 17.3. The molecule has 0 unspecified atom stereocenters. The number of phenolic OH excluding ortho intramolecular Hbond substituents is 1. The van der Waals surface area contributed by atoms with Crippen molar-refractivity contribution in [1.29, 1.82) is 0 Å². The Bertz CT molecular complexity index is 866. The first-order valence-electron chi connectivity index (χ1n) is 10.1. The minimum atomic E-state index is -4.39. The number of aromatic nitrogens is 1. The van der Waals surface area contributed by atoms with Crippen LogP contribution in [0.2, 0.25) is 0 Å². The number of anilines is 1. The van der Waals surface area contributed by atoms with Crippen LogP contribution in [-0.2, 0) is 6.54 Å². The number of halogens is 3. The van der Waals surface area contributed by atoms with Crippen molar-refractivity contribution >= 4 is 11.6 Å². The van der Waals surface area contributed by atoms with Crippen molar-refractivity contribution in [3.63, 3.8) is 0 Å². The smallest absolute Gasteiger partial charge is 0.422 e. The van der Waals surface area contributed by atoms with Gasteiger partial charge in [0.05, 0.1) is 12.2 Å². The number of nitrogens with zero attached hydrogens (tertiary/aromatic N) is 4. The van der Waals surface area contributed by atoms with E-state index in [2.05, 4.69) is 29.8 Å². The van der Waals surface area contributed by atoms with Crippen molar-refractivity contribution in [3.8, 4) is 11.6 Å². The lowest BCUT2D eigenvalue weighted by Crippen LogP contribution is -2.52. The number of nitrogens with one attached hydrogen (secondary N) is 1. The lowest BCUT2D eigenvalue weighted by atomic mass is 10.2. The Kier molecular flexibility index (Phi) is 7.43. The third kappa shape index (κ3) is 6.66. The second kappa shape index (κ2) is 10.2. The molecule has 31 heavy (non-hydrogen) atoms. The van der Waals surface area contributed by atoms with Gasteiger partial charge in [-0.3, -0.25) is 0 Å². The van der Waals surface area contributed by atoms with E-state index in [1.807, 2.05) is 19.1 Å². The number of benzene rings is 1. The number of guanidine groups is 1. The highest BCUT2D eigenvalue weighted by Crippen LogP contribution is 2.27. The number of piperazine rings is 1. The molecule has 1 aromatic heterocycles. The molecule has 2 aromatic rings. The molecule has 3 rings (SSSR count). The Morgan fingerprint density at radius 3 is 2.52 bits per heavy atom. The van der Waals surface area contributed by atoms with E-state index in [0.717, 1.165) is 43.4 Å². The molecule has 0 amide bonds. The Hall–Kier alpha value is -3.17. The molecule has 7 nitrogen and oxygen atoms in total. The largest absolute Gasteiger partial charge is 0.506 e. The summed E-state index contributed by atoms with van der Waals surface area (Å²) in [5.41, 5.74) is 1.59. The number of rotatable bonds is 6. The van der Waals surface area contributed by atoms with Crippen molar-refractivity contribution in [3.05, 3.63) is 48.2 Å². The van der Waals surface area contributed by atoms with E-state index in [0.29, 0.717) is 13.1 Å². The molecule has 10 heteroatoms. The van der Waals surface area contributed by atoms with Crippen molar-refractivity contribution < 1.29 is 23.0 Å². The fraction of sp³-hybridized carbons (Fsp3) is 0.429. The summed E-state index contributed by atoms with van der Waals surface area (Å²) >= 11 is 0. The Morgan fingerprint density at radius 2 is 1.90 bits per heavy atom. The molecule has 1 aliphatic heterocycles. The van der Waals surface area contributed by atoms with E-state index >= 15 is 0 Å². The van der Waals surface area contributed by atoms with Gasteiger partial charge in [0.25, 0.3) is 0 Å². The molecule has 0 spiro atoms. The van der Waals surface area contributed by atoms with Gasteiger partial charge in [0, 0.05) is 45.0 Å². The maximum atomic E-state index is 12.2. The molecule has 0 bridgehead atoms. The van der Waals surface area contributed by atoms with Gasteiger partial charge < -0.3 is 25.0 Å². The molecular weight excluding hydrogens is 411 g/mol. The molecule has 2 N–H and O–H groups in total. The van der Waals surface area contributed by atoms with Gasteiger partial charge in [-0.05, 0) is 24.6 Å². The number of para-hydroxylation sites is 2. The first-order chi connectivity index (χ1) is 14.9. The van der Waals surface area contributed by atoms with Crippen molar-refractivity contribution in [1.82, 2.24) is 15.2 Å².